The lowest BCUT2D eigenvalue weighted by Crippen LogP contribution is -2.22. The molecule has 102 valence electrons. The fourth-order valence-electron chi connectivity index (χ4n) is 1.47. The maximum Gasteiger partial charge on any atom is 0.119 e. The normalized spacial score (nSPS) is 12.4. The van der Waals surface area contributed by atoms with Gasteiger partial charge in [-0.1, -0.05) is 22.9 Å². The molecule has 0 bridgehead atoms. The number of halogens is 1. The predicted molar refractivity (Wildman–Crippen MR) is 74.9 cm³/mol. The quantitative estimate of drug-likeness (QED) is 0.769. The lowest BCUT2D eigenvalue weighted by Gasteiger charge is -2.13. The Labute approximate surface area is 116 Å². The van der Waals surface area contributed by atoms with E-state index in [9.17, 15) is 5.11 Å². The first-order valence-electron chi connectivity index (χ1n) is 5.96. The number of aliphatic hydroxyl groups is 1. The Morgan fingerprint density at radius 1 is 1.39 bits per heavy atom. The molecule has 5 heteroatoms. The van der Waals surface area contributed by atoms with Crippen LogP contribution in [-0.4, -0.2) is 38.1 Å². The van der Waals surface area contributed by atoms with Crippen LogP contribution in [0, 0.1) is 0 Å². The number of benzene rings is 1. The van der Waals surface area contributed by atoms with Crippen LogP contribution in [0.4, 0.5) is 0 Å². The van der Waals surface area contributed by atoms with E-state index in [0.29, 0.717) is 0 Å². The number of nitrogens with one attached hydrogen (secondary N) is 1. The van der Waals surface area contributed by atoms with E-state index in [4.69, 9.17) is 9.47 Å². The molecule has 1 unspecified atom stereocenters. The van der Waals surface area contributed by atoms with Gasteiger partial charge in [-0.15, -0.1) is 0 Å². The lowest BCUT2D eigenvalue weighted by atomic mass is 10.2. The summed E-state index contributed by atoms with van der Waals surface area (Å²) < 4.78 is 11.4. The minimum absolute atomic E-state index is 0.232. The van der Waals surface area contributed by atoms with E-state index in [0.717, 1.165) is 28.9 Å². The highest BCUT2D eigenvalue weighted by atomic mass is 79.9. The third-order valence-corrected chi connectivity index (χ3v) is 3.16. The minimum atomic E-state index is -0.601. The van der Waals surface area contributed by atoms with Crippen LogP contribution in [0.5, 0.6) is 5.75 Å². The molecule has 1 aromatic rings. The summed E-state index contributed by atoms with van der Waals surface area (Å²) in [5.41, 5.74) is 1.13. The van der Waals surface area contributed by atoms with E-state index >= 15 is 0 Å². The zero-order chi connectivity index (χ0) is 13.4. The fraction of sp³-hybridized carbons (Fsp3) is 0.538. The molecule has 0 aliphatic heterocycles. The molecule has 0 amide bonds. The van der Waals surface area contributed by atoms with Crippen molar-refractivity contribution in [3.63, 3.8) is 0 Å². The maximum atomic E-state index is 9.50. The van der Waals surface area contributed by atoms with Crippen molar-refractivity contribution in [3.8, 4) is 5.75 Å². The van der Waals surface area contributed by atoms with E-state index < -0.39 is 6.10 Å². The SMILES string of the molecule is CCNCc1cc(OCC(O)COC)ccc1Br. The van der Waals surface area contributed by atoms with Crippen LogP contribution in [0.1, 0.15) is 12.5 Å². The van der Waals surface area contributed by atoms with Gasteiger partial charge in [0.15, 0.2) is 0 Å². The molecule has 0 spiro atoms. The van der Waals surface area contributed by atoms with Gasteiger partial charge in [-0.05, 0) is 30.3 Å². The van der Waals surface area contributed by atoms with E-state index in [1.165, 1.54) is 0 Å². The van der Waals surface area contributed by atoms with Crippen molar-refractivity contribution in [2.45, 2.75) is 19.6 Å². The van der Waals surface area contributed by atoms with Crippen LogP contribution < -0.4 is 10.1 Å². The zero-order valence-electron chi connectivity index (χ0n) is 10.8. The summed E-state index contributed by atoms with van der Waals surface area (Å²) in [4.78, 5) is 0. The third kappa shape index (κ3) is 5.35. The molecule has 1 atom stereocenters. The van der Waals surface area contributed by atoms with E-state index in [1.807, 2.05) is 18.2 Å². The van der Waals surface area contributed by atoms with Gasteiger partial charge in [0.05, 0.1) is 6.61 Å². The molecule has 0 aliphatic carbocycles. The molecule has 18 heavy (non-hydrogen) atoms. The monoisotopic (exact) mass is 317 g/mol. The molecule has 0 aliphatic rings. The van der Waals surface area contributed by atoms with Gasteiger partial charge in [0.2, 0.25) is 0 Å². The summed E-state index contributed by atoms with van der Waals surface area (Å²) in [7, 11) is 1.55. The Hall–Kier alpha value is -0.620. The van der Waals surface area contributed by atoms with Crippen LogP contribution in [0.3, 0.4) is 0 Å². The smallest absolute Gasteiger partial charge is 0.119 e. The third-order valence-electron chi connectivity index (χ3n) is 2.38. The average molecular weight is 318 g/mol. The highest BCUT2D eigenvalue weighted by molar-refractivity contribution is 9.10. The highest BCUT2D eigenvalue weighted by Gasteiger charge is 2.06. The Bertz CT molecular complexity index is 360. The fourth-order valence-corrected chi connectivity index (χ4v) is 1.86. The second-order valence-corrected chi connectivity index (χ2v) is 4.81. The summed E-state index contributed by atoms with van der Waals surface area (Å²) in [5, 5.41) is 12.8. The molecule has 2 N–H and O–H groups in total. The first-order chi connectivity index (χ1) is 8.67. The lowest BCUT2D eigenvalue weighted by molar-refractivity contribution is 0.0325. The molecule has 0 aromatic heterocycles. The molecule has 0 saturated heterocycles. The Morgan fingerprint density at radius 3 is 2.83 bits per heavy atom. The molecule has 4 nitrogen and oxygen atoms in total. The maximum absolute atomic E-state index is 9.50. The molecule has 1 aromatic carbocycles. The molecule has 0 fully saturated rings. The second-order valence-electron chi connectivity index (χ2n) is 3.95. The zero-order valence-corrected chi connectivity index (χ0v) is 12.4. The van der Waals surface area contributed by atoms with Crippen molar-refractivity contribution in [1.82, 2.24) is 5.32 Å². The van der Waals surface area contributed by atoms with Crippen molar-refractivity contribution in [3.05, 3.63) is 28.2 Å². The van der Waals surface area contributed by atoms with Crippen LogP contribution in [-0.2, 0) is 11.3 Å². The summed E-state index contributed by atoms with van der Waals surface area (Å²) >= 11 is 3.50. The summed E-state index contributed by atoms with van der Waals surface area (Å²) in [6.07, 6.45) is -0.601. The standard InChI is InChI=1S/C13H20BrNO3/c1-3-15-7-10-6-12(4-5-13(10)14)18-9-11(16)8-17-2/h4-6,11,15-16H,3,7-9H2,1-2H3. The minimum Gasteiger partial charge on any atom is -0.491 e. The molecule has 0 radical (unpaired) electrons. The molecule has 0 saturated carbocycles. The Morgan fingerprint density at radius 2 is 2.17 bits per heavy atom. The van der Waals surface area contributed by atoms with Gasteiger partial charge in [0.1, 0.15) is 18.5 Å². The first kappa shape index (κ1) is 15.4. The first-order valence-corrected chi connectivity index (χ1v) is 6.75. The molecular formula is C13H20BrNO3. The molecule has 0 heterocycles. The topological polar surface area (TPSA) is 50.7 Å². The van der Waals surface area contributed by atoms with E-state index in [2.05, 4.69) is 28.2 Å². The van der Waals surface area contributed by atoms with Crippen LogP contribution in [0.25, 0.3) is 0 Å². The average Bonchev–Trinajstić information content (AvgIpc) is 2.36. The largest absolute Gasteiger partial charge is 0.491 e. The van der Waals surface area contributed by atoms with Gasteiger partial charge >= 0.3 is 0 Å². The number of ether oxygens (including phenoxy) is 2. The summed E-state index contributed by atoms with van der Waals surface area (Å²) in [5.74, 6) is 0.751. The molecular weight excluding hydrogens is 298 g/mol. The number of rotatable bonds is 8. The van der Waals surface area contributed by atoms with Gasteiger partial charge in [0.25, 0.3) is 0 Å². The summed E-state index contributed by atoms with van der Waals surface area (Å²) in [6, 6.07) is 5.79. The molecule has 1 rings (SSSR count). The van der Waals surface area contributed by atoms with Crippen molar-refractivity contribution in [2.24, 2.45) is 0 Å². The number of hydrogen-bond acceptors (Lipinski definition) is 4. The number of methoxy groups -OCH3 is 1. The van der Waals surface area contributed by atoms with Gasteiger partial charge in [-0.25, -0.2) is 0 Å². The van der Waals surface area contributed by atoms with Crippen molar-refractivity contribution in [1.29, 1.82) is 0 Å². The second kappa shape index (κ2) is 8.48. The van der Waals surface area contributed by atoms with Crippen LogP contribution >= 0.6 is 15.9 Å². The predicted octanol–water partition coefficient (Wildman–Crippen LogP) is 1.94. The van der Waals surface area contributed by atoms with Gasteiger partial charge in [-0.2, -0.15) is 0 Å². The van der Waals surface area contributed by atoms with Gasteiger partial charge < -0.3 is 19.9 Å². The van der Waals surface area contributed by atoms with Crippen molar-refractivity contribution < 1.29 is 14.6 Å². The Kier molecular flexibility index (Phi) is 7.27. The Balaban J connectivity index is 2.55. The van der Waals surface area contributed by atoms with Gasteiger partial charge in [0, 0.05) is 18.1 Å². The van der Waals surface area contributed by atoms with Crippen LogP contribution in [0.15, 0.2) is 22.7 Å². The van der Waals surface area contributed by atoms with Crippen molar-refractivity contribution >= 4 is 15.9 Å². The number of hydrogen-bond donors (Lipinski definition) is 2. The highest BCUT2D eigenvalue weighted by Crippen LogP contribution is 2.22. The number of aliphatic hydroxyl groups excluding tert-OH is 1. The van der Waals surface area contributed by atoms with E-state index in [-0.39, 0.29) is 13.2 Å². The summed E-state index contributed by atoms with van der Waals surface area (Å²) in [6.45, 7) is 4.28. The van der Waals surface area contributed by atoms with Crippen molar-refractivity contribution in [2.75, 3.05) is 26.9 Å². The van der Waals surface area contributed by atoms with Gasteiger partial charge in [-0.3, -0.25) is 0 Å². The van der Waals surface area contributed by atoms with Crippen LogP contribution in [0.2, 0.25) is 0 Å². The van der Waals surface area contributed by atoms with E-state index in [1.54, 1.807) is 7.11 Å².